The minimum atomic E-state index is -1.13. The molecule has 0 unspecified atom stereocenters. The summed E-state index contributed by atoms with van der Waals surface area (Å²) in [6.45, 7) is 0. The van der Waals surface area contributed by atoms with Crippen molar-refractivity contribution in [2.24, 2.45) is 7.05 Å². The zero-order valence-corrected chi connectivity index (χ0v) is 11.1. The summed E-state index contributed by atoms with van der Waals surface area (Å²) in [6.07, 6.45) is 7.89. The third-order valence-corrected chi connectivity index (χ3v) is 3.58. The van der Waals surface area contributed by atoms with Crippen LogP contribution >= 0.6 is 0 Å². The van der Waals surface area contributed by atoms with Crippen molar-refractivity contribution < 1.29 is 14.7 Å². The average Bonchev–Trinajstić information content (AvgIpc) is 2.58. The van der Waals surface area contributed by atoms with Crippen LogP contribution in [0.2, 0.25) is 0 Å². The second-order valence-electron chi connectivity index (χ2n) is 5.00. The summed E-state index contributed by atoms with van der Waals surface area (Å²) in [4.78, 5) is 23.3. The summed E-state index contributed by atoms with van der Waals surface area (Å²) in [6, 6.07) is 0.150. The van der Waals surface area contributed by atoms with Crippen LogP contribution in [0.15, 0.2) is 6.20 Å². The van der Waals surface area contributed by atoms with Crippen molar-refractivity contribution in [2.75, 3.05) is 0 Å². The lowest BCUT2D eigenvalue weighted by atomic mass is 10.1. The lowest BCUT2D eigenvalue weighted by Crippen LogP contribution is -2.35. The van der Waals surface area contributed by atoms with Gasteiger partial charge in [-0.1, -0.05) is 25.7 Å². The molecule has 2 rings (SSSR count). The van der Waals surface area contributed by atoms with Crippen LogP contribution in [0.4, 0.5) is 0 Å². The first-order valence-corrected chi connectivity index (χ1v) is 6.65. The molecule has 1 aromatic rings. The quantitative estimate of drug-likeness (QED) is 0.812. The summed E-state index contributed by atoms with van der Waals surface area (Å²) in [5, 5.41) is 15.9. The molecule has 6 heteroatoms. The van der Waals surface area contributed by atoms with Gasteiger partial charge in [0.05, 0.1) is 11.8 Å². The van der Waals surface area contributed by atoms with E-state index in [0.717, 1.165) is 25.7 Å². The van der Waals surface area contributed by atoms with E-state index in [1.54, 1.807) is 0 Å². The molecule has 1 heterocycles. The predicted octanol–water partition coefficient (Wildman–Crippen LogP) is 1.57. The summed E-state index contributed by atoms with van der Waals surface area (Å²) >= 11 is 0. The van der Waals surface area contributed by atoms with Gasteiger partial charge >= 0.3 is 5.97 Å². The van der Waals surface area contributed by atoms with Crippen LogP contribution in [0.25, 0.3) is 0 Å². The van der Waals surface area contributed by atoms with Gasteiger partial charge in [-0.25, -0.2) is 4.79 Å². The number of hydrogen-bond donors (Lipinski definition) is 2. The van der Waals surface area contributed by atoms with E-state index >= 15 is 0 Å². The molecule has 1 saturated carbocycles. The van der Waals surface area contributed by atoms with Crippen molar-refractivity contribution in [1.82, 2.24) is 15.1 Å². The Bertz CT molecular complexity index is 473. The van der Waals surface area contributed by atoms with Gasteiger partial charge in [0.2, 0.25) is 0 Å². The van der Waals surface area contributed by atoms with Gasteiger partial charge in [0.15, 0.2) is 5.69 Å². The molecule has 0 aliphatic heterocycles. The third kappa shape index (κ3) is 3.13. The number of carboxylic acid groups (broad SMARTS) is 1. The van der Waals surface area contributed by atoms with Gasteiger partial charge in [-0.3, -0.25) is 9.48 Å². The lowest BCUT2D eigenvalue weighted by molar-refractivity contribution is 0.0678. The molecule has 1 aliphatic rings. The van der Waals surface area contributed by atoms with Crippen molar-refractivity contribution in [3.63, 3.8) is 0 Å². The van der Waals surface area contributed by atoms with E-state index in [2.05, 4.69) is 10.4 Å². The lowest BCUT2D eigenvalue weighted by Gasteiger charge is -2.15. The maximum Gasteiger partial charge on any atom is 0.354 e. The zero-order chi connectivity index (χ0) is 13.8. The number of nitrogens with one attached hydrogen (secondary N) is 1. The van der Waals surface area contributed by atoms with Crippen molar-refractivity contribution in [1.29, 1.82) is 0 Å². The average molecular weight is 265 g/mol. The number of carbonyl (C=O) groups excluding carboxylic acids is 1. The Kier molecular flexibility index (Phi) is 4.19. The minimum absolute atomic E-state index is 0.0638. The van der Waals surface area contributed by atoms with Gasteiger partial charge < -0.3 is 10.4 Å². The van der Waals surface area contributed by atoms with Crippen molar-refractivity contribution in [3.05, 3.63) is 17.5 Å². The molecule has 0 aromatic carbocycles. The first-order chi connectivity index (χ1) is 9.09. The van der Waals surface area contributed by atoms with Crippen LogP contribution in [0.5, 0.6) is 0 Å². The monoisotopic (exact) mass is 265 g/mol. The largest absolute Gasteiger partial charge is 0.477 e. The highest BCUT2D eigenvalue weighted by Gasteiger charge is 2.23. The Labute approximate surface area is 111 Å². The molecule has 6 nitrogen and oxygen atoms in total. The zero-order valence-electron chi connectivity index (χ0n) is 11.1. The summed E-state index contributed by atoms with van der Waals surface area (Å²) in [7, 11) is 1.52. The smallest absolute Gasteiger partial charge is 0.354 e. The Hall–Kier alpha value is -1.85. The van der Waals surface area contributed by atoms with Crippen LogP contribution < -0.4 is 5.32 Å². The fraction of sp³-hybridized carbons (Fsp3) is 0.615. The Balaban J connectivity index is 2.09. The van der Waals surface area contributed by atoms with E-state index in [-0.39, 0.29) is 23.2 Å². The molecule has 19 heavy (non-hydrogen) atoms. The van der Waals surface area contributed by atoms with Crippen LogP contribution in [-0.4, -0.2) is 32.8 Å². The molecule has 0 spiro atoms. The normalized spacial score (nSPS) is 16.9. The molecule has 1 aromatic heterocycles. The number of rotatable bonds is 3. The second-order valence-corrected chi connectivity index (χ2v) is 5.00. The maximum atomic E-state index is 12.1. The predicted molar refractivity (Wildman–Crippen MR) is 69.1 cm³/mol. The number of aromatic carboxylic acids is 1. The van der Waals surface area contributed by atoms with Crippen molar-refractivity contribution >= 4 is 11.9 Å². The highest BCUT2D eigenvalue weighted by atomic mass is 16.4. The van der Waals surface area contributed by atoms with E-state index in [4.69, 9.17) is 5.11 Å². The number of aromatic nitrogens is 2. The van der Waals surface area contributed by atoms with Gasteiger partial charge in [-0.15, -0.1) is 0 Å². The third-order valence-electron chi connectivity index (χ3n) is 3.58. The number of carboxylic acids is 1. The summed E-state index contributed by atoms with van der Waals surface area (Å²) in [5.74, 6) is -1.47. The SMILES string of the molecule is Cn1ncc(C(=O)NC2CCCCCC2)c1C(=O)O. The topological polar surface area (TPSA) is 84.2 Å². The Morgan fingerprint density at radius 3 is 2.53 bits per heavy atom. The maximum absolute atomic E-state index is 12.1. The standard InChI is InChI=1S/C13H19N3O3/c1-16-11(13(18)19)10(8-14-16)12(17)15-9-6-4-2-3-5-7-9/h8-9H,2-7H2,1H3,(H,15,17)(H,18,19). The first-order valence-electron chi connectivity index (χ1n) is 6.65. The molecule has 0 radical (unpaired) electrons. The number of amides is 1. The fourth-order valence-electron chi connectivity index (χ4n) is 2.54. The van der Waals surface area contributed by atoms with Gasteiger partial charge in [0.1, 0.15) is 0 Å². The molecule has 0 atom stereocenters. The first kappa shape index (κ1) is 13.6. The van der Waals surface area contributed by atoms with Crippen molar-refractivity contribution in [2.45, 2.75) is 44.6 Å². The molecule has 0 saturated heterocycles. The van der Waals surface area contributed by atoms with Crippen LogP contribution in [0.3, 0.4) is 0 Å². The van der Waals surface area contributed by atoms with E-state index in [0.29, 0.717) is 0 Å². The van der Waals surface area contributed by atoms with Gasteiger partial charge in [-0.2, -0.15) is 5.10 Å². The molecule has 1 amide bonds. The Morgan fingerprint density at radius 1 is 1.32 bits per heavy atom. The van der Waals surface area contributed by atoms with E-state index < -0.39 is 5.97 Å². The van der Waals surface area contributed by atoms with E-state index in [1.807, 2.05) is 0 Å². The molecule has 1 fully saturated rings. The molecular weight excluding hydrogens is 246 g/mol. The van der Waals surface area contributed by atoms with Gasteiger partial charge in [-0.05, 0) is 12.8 Å². The highest BCUT2D eigenvalue weighted by Crippen LogP contribution is 2.18. The molecule has 2 N–H and O–H groups in total. The molecule has 1 aliphatic carbocycles. The summed E-state index contributed by atoms with van der Waals surface area (Å²) < 4.78 is 1.21. The molecular formula is C13H19N3O3. The second kappa shape index (κ2) is 5.86. The van der Waals surface area contributed by atoms with E-state index in [1.165, 1.54) is 30.8 Å². The van der Waals surface area contributed by atoms with Crippen LogP contribution in [0.1, 0.15) is 59.4 Å². The van der Waals surface area contributed by atoms with Gasteiger partial charge in [0.25, 0.3) is 5.91 Å². The highest BCUT2D eigenvalue weighted by molar-refractivity contribution is 6.03. The number of aryl methyl sites for hydroxylation is 1. The number of hydrogen-bond acceptors (Lipinski definition) is 3. The van der Waals surface area contributed by atoms with Crippen LogP contribution in [0, 0.1) is 0 Å². The fourth-order valence-corrected chi connectivity index (χ4v) is 2.54. The van der Waals surface area contributed by atoms with Crippen LogP contribution in [-0.2, 0) is 7.05 Å². The summed E-state index contributed by atoms with van der Waals surface area (Å²) in [5.41, 5.74) is 0.0744. The van der Waals surface area contributed by atoms with E-state index in [9.17, 15) is 9.59 Å². The van der Waals surface area contributed by atoms with Gasteiger partial charge in [0, 0.05) is 13.1 Å². The molecule has 104 valence electrons. The minimum Gasteiger partial charge on any atom is -0.477 e. The number of carbonyl (C=O) groups is 2. The Morgan fingerprint density at radius 2 is 1.95 bits per heavy atom. The van der Waals surface area contributed by atoms with Crippen molar-refractivity contribution in [3.8, 4) is 0 Å². The molecule has 0 bridgehead atoms. The number of nitrogens with zero attached hydrogens (tertiary/aromatic N) is 2.